The number of hydrogen-bond donors (Lipinski definition) is 2. The molecule has 94 valence electrons. The topological polar surface area (TPSA) is 43.7 Å². The van der Waals surface area contributed by atoms with Gasteiger partial charge in [-0.3, -0.25) is 0 Å². The second-order valence-electron chi connectivity index (χ2n) is 4.57. The van der Waals surface area contributed by atoms with E-state index in [2.05, 4.69) is 0 Å². The molecule has 3 nitrogen and oxygen atoms in total. The maximum atomic E-state index is 13.7. The second-order valence-corrected chi connectivity index (χ2v) is 4.57. The second kappa shape index (κ2) is 5.02. The van der Waals surface area contributed by atoms with Gasteiger partial charge in [-0.2, -0.15) is 0 Å². The van der Waals surface area contributed by atoms with Crippen molar-refractivity contribution in [2.45, 2.75) is 32.0 Å². The van der Waals surface area contributed by atoms with Crippen LogP contribution in [0.4, 0.5) is 10.1 Å². The maximum absolute atomic E-state index is 13.7. The lowest BCUT2D eigenvalue weighted by molar-refractivity contribution is 0.145. The minimum atomic E-state index is -0.821. The van der Waals surface area contributed by atoms with Crippen molar-refractivity contribution in [1.82, 2.24) is 0 Å². The average molecular weight is 239 g/mol. The molecule has 2 rings (SSSR count). The third-order valence-electron chi connectivity index (χ3n) is 3.25. The lowest BCUT2D eigenvalue weighted by Gasteiger charge is -2.33. The van der Waals surface area contributed by atoms with E-state index < -0.39 is 6.10 Å². The average Bonchev–Trinajstić information content (AvgIpc) is 2.29. The molecular weight excluding hydrogens is 221 g/mol. The van der Waals surface area contributed by atoms with Crippen LogP contribution in [-0.4, -0.2) is 29.4 Å². The zero-order chi connectivity index (χ0) is 12.4. The minimum Gasteiger partial charge on any atom is -0.393 e. The molecule has 0 saturated carbocycles. The summed E-state index contributed by atoms with van der Waals surface area (Å²) < 4.78 is 13.7. The van der Waals surface area contributed by atoms with E-state index in [9.17, 15) is 14.6 Å². The lowest BCUT2D eigenvalue weighted by Crippen LogP contribution is -2.36. The van der Waals surface area contributed by atoms with Crippen LogP contribution in [0.25, 0.3) is 0 Å². The summed E-state index contributed by atoms with van der Waals surface area (Å²) in [5.41, 5.74) is 1.09. The highest BCUT2D eigenvalue weighted by molar-refractivity contribution is 5.55. The molecule has 17 heavy (non-hydrogen) atoms. The van der Waals surface area contributed by atoms with E-state index in [0.29, 0.717) is 31.5 Å². The number of aliphatic hydroxyl groups excluding tert-OH is 2. The Hall–Kier alpha value is -1.13. The van der Waals surface area contributed by atoms with Crippen molar-refractivity contribution in [2.24, 2.45) is 0 Å². The fourth-order valence-electron chi connectivity index (χ4n) is 2.32. The molecule has 1 fully saturated rings. The van der Waals surface area contributed by atoms with Crippen molar-refractivity contribution in [3.63, 3.8) is 0 Å². The summed E-state index contributed by atoms with van der Waals surface area (Å²) >= 11 is 0. The van der Waals surface area contributed by atoms with Gasteiger partial charge in [-0.1, -0.05) is 6.07 Å². The molecule has 4 heteroatoms. The smallest absolute Gasteiger partial charge is 0.131 e. The Bertz CT molecular complexity index is 387. The monoisotopic (exact) mass is 239 g/mol. The third kappa shape index (κ3) is 2.58. The summed E-state index contributed by atoms with van der Waals surface area (Å²) in [6.07, 6.45) is 0.304. The predicted molar refractivity (Wildman–Crippen MR) is 64.5 cm³/mol. The fourth-order valence-corrected chi connectivity index (χ4v) is 2.32. The molecule has 0 amide bonds. The Morgan fingerprint density at radius 1 is 1.35 bits per heavy atom. The maximum Gasteiger partial charge on any atom is 0.131 e. The molecular formula is C13H18FNO2. The van der Waals surface area contributed by atoms with Gasteiger partial charge in [0, 0.05) is 24.3 Å². The van der Waals surface area contributed by atoms with E-state index in [-0.39, 0.29) is 11.9 Å². The Labute approximate surface area is 100 Å². The van der Waals surface area contributed by atoms with Gasteiger partial charge in [0.1, 0.15) is 5.82 Å². The van der Waals surface area contributed by atoms with Gasteiger partial charge in [0.2, 0.25) is 0 Å². The van der Waals surface area contributed by atoms with Crippen LogP contribution in [0.5, 0.6) is 0 Å². The molecule has 1 aromatic rings. The normalized spacial score (nSPS) is 19.4. The SMILES string of the molecule is C[C@@H](O)c1c(F)cccc1N1CCC(O)CC1. The third-order valence-corrected chi connectivity index (χ3v) is 3.25. The molecule has 2 N–H and O–H groups in total. The zero-order valence-electron chi connectivity index (χ0n) is 9.93. The van der Waals surface area contributed by atoms with E-state index in [1.807, 2.05) is 11.0 Å². The van der Waals surface area contributed by atoms with Crippen LogP contribution in [0.2, 0.25) is 0 Å². The summed E-state index contributed by atoms with van der Waals surface area (Å²) in [7, 11) is 0. The molecule has 1 atom stereocenters. The first kappa shape index (κ1) is 12.3. The van der Waals surface area contributed by atoms with Crippen LogP contribution in [0.1, 0.15) is 31.4 Å². The first-order valence-electron chi connectivity index (χ1n) is 5.99. The quantitative estimate of drug-likeness (QED) is 0.827. The van der Waals surface area contributed by atoms with Crippen molar-refractivity contribution < 1.29 is 14.6 Å². The van der Waals surface area contributed by atoms with Gasteiger partial charge >= 0.3 is 0 Å². The molecule has 0 aliphatic carbocycles. The van der Waals surface area contributed by atoms with Crippen molar-refractivity contribution in [2.75, 3.05) is 18.0 Å². The highest BCUT2D eigenvalue weighted by atomic mass is 19.1. The minimum absolute atomic E-state index is 0.255. The van der Waals surface area contributed by atoms with E-state index in [4.69, 9.17) is 0 Å². The summed E-state index contributed by atoms with van der Waals surface area (Å²) in [5, 5.41) is 19.1. The molecule has 0 spiro atoms. The number of hydrogen-bond acceptors (Lipinski definition) is 3. The number of anilines is 1. The van der Waals surface area contributed by atoms with Crippen LogP contribution in [-0.2, 0) is 0 Å². The summed E-state index contributed by atoms with van der Waals surface area (Å²) in [5.74, 6) is -0.372. The highest BCUT2D eigenvalue weighted by Crippen LogP contribution is 2.30. The molecule has 0 bridgehead atoms. The van der Waals surface area contributed by atoms with Gasteiger partial charge in [-0.15, -0.1) is 0 Å². The van der Waals surface area contributed by atoms with Crippen LogP contribution in [0.15, 0.2) is 18.2 Å². The largest absolute Gasteiger partial charge is 0.393 e. The number of aliphatic hydroxyl groups is 2. The molecule has 1 aliphatic heterocycles. The number of halogens is 1. The lowest BCUT2D eigenvalue weighted by atomic mass is 10.0. The van der Waals surface area contributed by atoms with E-state index in [0.717, 1.165) is 5.69 Å². The zero-order valence-corrected chi connectivity index (χ0v) is 9.93. The number of piperidine rings is 1. The van der Waals surface area contributed by atoms with Crippen molar-refractivity contribution in [1.29, 1.82) is 0 Å². The first-order valence-corrected chi connectivity index (χ1v) is 5.99. The van der Waals surface area contributed by atoms with Crippen LogP contribution >= 0.6 is 0 Å². The van der Waals surface area contributed by atoms with Crippen molar-refractivity contribution in [3.05, 3.63) is 29.6 Å². The van der Waals surface area contributed by atoms with Gasteiger partial charge < -0.3 is 15.1 Å². The molecule has 1 aromatic carbocycles. The van der Waals surface area contributed by atoms with Gasteiger partial charge in [-0.25, -0.2) is 4.39 Å². The van der Waals surface area contributed by atoms with Crippen LogP contribution < -0.4 is 4.90 Å². The van der Waals surface area contributed by atoms with Gasteiger partial charge in [0.15, 0.2) is 0 Å². The highest BCUT2D eigenvalue weighted by Gasteiger charge is 2.22. The van der Waals surface area contributed by atoms with Crippen molar-refractivity contribution >= 4 is 5.69 Å². The Morgan fingerprint density at radius 2 is 2.00 bits per heavy atom. The van der Waals surface area contributed by atoms with Gasteiger partial charge in [0.25, 0.3) is 0 Å². The Kier molecular flexibility index (Phi) is 3.64. The Morgan fingerprint density at radius 3 is 2.59 bits per heavy atom. The fraction of sp³-hybridized carbons (Fsp3) is 0.538. The molecule has 0 aromatic heterocycles. The molecule has 0 unspecified atom stereocenters. The molecule has 1 aliphatic rings. The number of rotatable bonds is 2. The Balaban J connectivity index is 2.28. The van der Waals surface area contributed by atoms with Crippen LogP contribution in [0, 0.1) is 5.82 Å². The molecule has 0 radical (unpaired) electrons. The predicted octanol–water partition coefficient (Wildman–Crippen LogP) is 1.84. The van der Waals surface area contributed by atoms with Gasteiger partial charge in [-0.05, 0) is 31.9 Å². The standard InChI is InChI=1S/C13H18FNO2/c1-9(16)13-11(14)3-2-4-12(13)15-7-5-10(17)6-8-15/h2-4,9-10,16-17H,5-8H2,1H3/t9-/m1/s1. The van der Waals surface area contributed by atoms with Crippen LogP contribution in [0.3, 0.4) is 0 Å². The summed E-state index contributed by atoms with van der Waals surface area (Å²) in [4.78, 5) is 2.03. The van der Waals surface area contributed by atoms with Crippen molar-refractivity contribution in [3.8, 4) is 0 Å². The summed E-state index contributed by atoms with van der Waals surface area (Å²) in [6, 6.07) is 4.84. The van der Waals surface area contributed by atoms with E-state index in [1.54, 1.807) is 13.0 Å². The van der Waals surface area contributed by atoms with E-state index in [1.165, 1.54) is 6.07 Å². The van der Waals surface area contributed by atoms with Gasteiger partial charge in [0.05, 0.1) is 12.2 Å². The first-order chi connectivity index (χ1) is 8.09. The molecule has 1 saturated heterocycles. The van der Waals surface area contributed by atoms with E-state index >= 15 is 0 Å². The number of benzene rings is 1. The summed E-state index contributed by atoms with van der Waals surface area (Å²) in [6.45, 7) is 2.97. The number of nitrogens with zero attached hydrogens (tertiary/aromatic N) is 1. The molecule has 1 heterocycles.